The van der Waals surface area contributed by atoms with Crippen molar-refractivity contribution in [3.05, 3.63) is 58.8 Å². The molecule has 0 aliphatic heterocycles. The van der Waals surface area contributed by atoms with Crippen LogP contribution in [0.1, 0.15) is 34.0 Å². The second-order valence-electron chi connectivity index (χ2n) is 3.85. The van der Waals surface area contributed by atoms with E-state index in [0.29, 0.717) is 4.88 Å². The fraction of sp³-hybridized carbons (Fsp3) is 0.167. The number of methoxy groups -OCH3 is 1. The van der Waals surface area contributed by atoms with E-state index in [1.54, 1.807) is 12.2 Å². The third-order valence-electron chi connectivity index (χ3n) is 2.80. The van der Waals surface area contributed by atoms with Crippen LogP contribution in [-0.4, -0.2) is 13.1 Å². The summed E-state index contributed by atoms with van der Waals surface area (Å²) >= 11 is 1.37. The SMILES string of the molecule is C=Cc1sc(C(=O)OC)c(-c2ccccc2)c1C=C.CC. The minimum absolute atomic E-state index is 0.333. The van der Waals surface area contributed by atoms with Crippen LogP contribution in [0.2, 0.25) is 0 Å². The van der Waals surface area contributed by atoms with Crippen molar-refractivity contribution in [3.63, 3.8) is 0 Å². The summed E-state index contributed by atoms with van der Waals surface area (Å²) in [6.45, 7) is 11.6. The topological polar surface area (TPSA) is 26.3 Å². The van der Waals surface area contributed by atoms with Crippen molar-refractivity contribution in [3.8, 4) is 11.1 Å². The van der Waals surface area contributed by atoms with E-state index in [9.17, 15) is 4.79 Å². The van der Waals surface area contributed by atoms with Gasteiger partial charge in [0.1, 0.15) is 4.88 Å². The lowest BCUT2D eigenvalue weighted by atomic mass is 10.00. The van der Waals surface area contributed by atoms with Crippen LogP contribution in [0.5, 0.6) is 0 Å². The monoisotopic (exact) mass is 300 g/mol. The van der Waals surface area contributed by atoms with Crippen LogP contribution in [0, 0.1) is 0 Å². The zero-order chi connectivity index (χ0) is 15.8. The normalized spacial score (nSPS) is 9.29. The molecule has 3 heteroatoms. The third kappa shape index (κ3) is 3.50. The summed E-state index contributed by atoms with van der Waals surface area (Å²) in [4.78, 5) is 13.4. The molecule has 0 aliphatic rings. The average molecular weight is 300 g/mol. The zero-order valence-electron chi connectivity index (χ0n) is 12.7. The van der Waals surface area contributed by atoms with Gasteiger partial charge in [-0.2, -0.15) is 0 Å². The quantitative estimate of drug-likeness (QED) is 0.695. The Morgan fingerprint density at radius 1 is 1.14 bits per heavy atom. The smallest absolute Gasteiger partial charge is 0.348 e. The van der Waals surface area contributed by atoms with Gasteiger partial charge in [-0.3, -0.25) is 0 Å². The number of ether oxygens (including phenoxy) is 1. The maximum Gasteiger partial charge on any atom is 0.348 e. The molecule has 0 aliphatic carbocycles. The Morgan fingerprint density at radius 2 is 1.76 bits per heavy atom. The molecule has 0 saturated carbocycles. The van der Waals surface area contributed by atoms with Crippen molar-refractivity contribution in [2.24, 2.45) is 0 Å². The van der Waals surface area contributed by atoms with Crippen LogP contribution in [0.4, 0.5) is 0 Å². The standard InChI is InChI=1S/C16H14O2S.C2H6/c1-4-12-13(5-2)19-15(16(17)18-3)14(12)11-9-7-6-8-10-11;1-2/h4-10H,1-2H2,3H3;1-2H3. The fourth-order valence-corrected chi connectivity index (χ4v) is 3.04. The Labute approximate surface area is 130 Å². The molecule has 2 rings (SSSR count). The molecule has 21 heavy (non-hydrogen) atoms. The maximum atomic E-state index is 11.9. The predicted octanol–water partition coefficient (Wildman–Crippen LogP) is 5.51. The molecule has 0 spiro atoms. The third-order valence-corrected chi connectivity index (χ3v) is 3.98. The first-order valence-corrected chi connectivity index (χ1v) is 7.60. The highest BCUT2D eigenvalue weighted by Crippen LogP contribution is 2.38. The lowest BCUT2D eigenvalue weighted by Gasteiger charge is -2.04. The lowest BCUT2D eigenvalue weighted by Crippen LogP contribution is -2.00. The van der Waals surface area contributed by atoms with Gasteiger partial charge in [-0.1, -0.05) is 69.5 Å². The van der Waals surface area contributed by atoms with Gasteiger partial charge in [-0.25, -0.2) is 4.79 Å². The summed E-state index contributed by atoms with van der Waals surface area (Å²) in [7, 11) is 1.39. The molecule has 0 N–H and O–H groups in total. The van der Waals surface area contributed by atoms with Crippen molar-refractivity contribution in [2.45, 2.75) is 13.8 Å². The van der Waals surface area contributed by atoms with Crippen LogP contribution in [0.3, 0.4) is 0 Å². The minimum Gasteiger partial charge on any atom is -0.465 e. The van der Waals surface area contributed by atoms with Gasteiger partial charge in [0, 0.05) is 16.0 Å². The van der Waals surface area contributed by atoms with Gasteiger partial charge in [0.15, 0.2) is 0 Å². The van der Waals surface area contributed by atoms with Gasteiger partial charge >= 0.3 is 5.97 Å². The van der Waals surface area contributed by atoms with E-state index in [2.05, 4.69) is 13.2 Å². The Balaban J connectivity index is 0.00000106. The summed E-state index contributed by atoms with van der Waals surface area (Å²) in [5, 5.41) is 0. The predicted molar refractivity (Wildman–Crippen MR) is 92.6 cm³/mol. The van der Waals surface area contributed by atoms with Gasteiger partial charge in [0.25, 0.3) is 0 Å². The Hall–Kier alpha value is -2.13. The Bertz CT molecular complexity index is 624. The van der Waals surface area contributed by atoms with E-state index >= 15 is 0 Å². The van der Waals surface area contributed by atoms with E-state index in [0.717, 1.165) is 21.6 Å². The first-order valence-electron chi connectivity index (χ1n) is 6.78. The lowest BCUT2D eigenvalue weighted by molar-refractivity contribution is 0.0607. The van der Waals surface area contributed by atoms with Gasteiger partial charge < -0.3 is 4.74 Å². The highest BCUT2D eigenvalue weighted by molar-refractivity contribution is 7.15. The number of rotatable bonds is 4. The van der Waals surface area contributed by atoms with Crippen LogP contribution in [0.15, 0.2) is 43.5 Å². The molecular weight excluding hydrogens is 280 g/mol. The Morgan fingerprint density at radius 3 is 2.24 bits per heavy atom. The summed E-state index contributed by atoms with van der Waals surface area (Å²) in [5.74, 6) is -0.333. The van der Waals surface area contributed by atoms with Gasteiger partial charge in [0.2, 0.25) is 0 Å². The second-order valence-corrected chi connectivity index (χ2v) is 4.90. The van der Waals surface area contributed by atoms with E-state index in [-0.39, 0.29) is 5.97 Å². The summed E-state index contributed by atoms with van der Waals surface area (Å²) in [6.07, 6.45) is 3.49. The number of thiophene rings is 1. The Kier molecular flexibility index (Phi) is 6.63. The first kappa shape index (κ1) is 16.9. The van der Waals surface area contributed by atoms with Crippen LogP contribution < -0.4 is 0 Å². The molecule has 1 aromatic heterocycles. The van der Waals surface area contributed by atoms with E-state index in [4.69, 9.17) is 4.74 Å². The number of hydrogen-bond acceptors (Lipinski definition) is 3. The molecule has 2 aromatic rings. The van der Waals surface area contributed by atoms with Crippen LogP contribution >= 0.6 is 11.3 Å². The number of hydrogen-bond donors (Lipinski definition) is 0. The first-order chi connectivity index (χ1) is 10.2. The molecule has 0 saturated heterocycles. The van der Waals surface area contributed by atoms with Crippen molar-refractivity contribution in [1.29, 1.82) is 0 Å². The average Bonchev–Trinajstić information content (AvgIpc) is 2.95. The molecule has 1 aromatic carbocycles. The molecule has 2 nitrogen and oxygen atoms in total. The molecule has 110 valence electrons. The zero-order valence-corrected chi connectivity index (χ0v) is 13.5. The number of carbonyl (C=O) groups excluding carboxylic acids is 1. The van der Waals surface area contributed by atoms with E-state index in [1.165, 1.54) is 18.4 Å². The molecular formula is C18H20O2S. The molecule has 0 fully saturated rings. The largest absolute Gasteiger partial charge is 0.465 e. The van der Waals surface area contributed by atoms with Crippen LogP contribution in [-0.2, 0) is 4.74 Å². The van der Waals surface area contributed by atoms with Crippen molar-refractivity contribution >= 4 is 29.5 Å². The molecule has 0 unspecified atom stereocenters. The highest BCUT2D eigenvalue weighted by atomic mass is 32.1. The molecule has 0 amide bonds. The number of benzene rings is 1. The van der Waals surface area contributed by atoms with Crippen molar-refractivity contribution < 1.29 is 9.53 Å². The number of carbonyl (C=O) groups is 1. The van der Waals surface area contributed by atoms with Gasteiger partial charge in [0.05, 0.1) is 7.11 Å². The second kappa shape index (κ2) is 8.22. The van der Waals surface area contributed by atoms with Gasteiger partial charge in [-0.05, 0) is 5.56 Å². The molecule has 0 radical (unpaired) electrons. The van der Waals surface area contributed by atoms with Gasteiger partial charge in [-0.15, -0.1) is 11.3 Å². The van der Waals surface area contributed by atoms with E-state index in [1.807, 2.05) is 44.2 Å². The maximum absolute atomic E-state index is 11.9. The minimum atomic E-state index is -0.333. The van der Waals surface area contributed by atoms with Crippen LogP contribution in [0.25, 0.3) is 23.3 Å². The summed E-state index contributed by atoms with van der Waals surface area (Å²) in [6, 6.07) is 9.75. The fourth-order valence-electron chi connectivity index (χ4n) is 1.94. The molecule has 0 atom stereocenters. The number of esters is 1. The van der Waals surface area contributed by atoms with E-state index < -0.39 is 0 Å². The summed E-state index contributed by atoms with van der Waals surface area (Å²) < 4.78 is 4.86. The highest BCUT2D eigenvalue weighted by Gasteiger charge is 2.21. The summed E-state index contributed by atoms with van der Waals surface area (Å²) in [5.41, 5.74) is 2.76. The van der Waals surface area contributed by atoms with Crippen molar-refractivity contribution in [1.82, 2.24) is 0 Å². The molecule has 0 bridgehead atoms. The van der Waals surface area contributed by atoms with Crippen molar-refractivity contribution in [2.75, 3.05) is 7.11 Å². The molecule has 1 heterocycles.